The van der Waals surface area contributed by atoms with Crippen molar-refractivity contribution >= 4 is 51.4 Å². The van der Waals surface area contributed by atoms with E-state index in [9.17, 15) is 0 Å². The lowest BCUT2D eigenvalue weighted by Crippen LogP contribution is -1.95. The molecule has 0 aliphatic rings. The third kappa shape index (κ3) is 4.27. The molecule has 0 bridgehead atoms. The molecule has 98 valence electrons. The van der Waals surface area contributed by atoms with Crippen LogP contribution in [0.3, 0.4) is 0 Å². The summed E-state index contributed by atoms with van der Waals surface area (Å²) in [5.74, 6) is 0. The van der Waals surface area contributed by atoms with Gasteiger partial charge in [0.05, 0.1) is 6.04 Å². The van der Waals surface area contributed by atoms with E-state index in [1.807, 2.05) is 6.21 Å². The van der Waals surface area contributed by atoms with Crippen molar-refractivity contribution in [3.63, 3.8) is 0 Å². The van der Waals surface area contributed by atoms with Gasteiger partial charge < -0.3 is 0 Å². The minimum Gasteiger partial charge on any atom is -0.285 e. The van der Waals surface area contributed by atoms with Gasteiger partial charge in [0.2, 0.25) is 0 Å². The molecule has 0 aliphatic carbocycles. The average Bonchev–Trinajstić information content (AvgIpc) is 2.37. The molecule has 0 heterocycles. The van der Waals surface area contributed by atoms with Crippen molar-refractivity contribution in [3.05, 3.63) is 66.3 Å². The second-order valence-electron chi connectivity index (χ2n) is 4.53. The number of hydrogen-bond acceptors (Lipinski definition) is 1. The number of rotatable bonds is 3. The zero-order valence-corrected chi connectivity index (χ0v) is 15.2. The summed E-state index contributed by atoms with van der Waals surface area (Å²) in [4.78, 5) is 4.65. The van der Waals surface area contributed by atoms with Crippen LogP contribution in [0.25, 0.3) is 0 Å². The zero-order chi connectivity index (χ0) is 13.8. The molecule has 19 heavy (non-hydrogen) atoms. The summed E-state index contributed by atoms with van der Waals surface area (Å²) < 4.78 is 2.54. The first kappa shape index (κ1) is 15.0. The predicted octanol–water partition coefficient (Wildman–Crippen LogP) is 5.38. The first-order valence-corrected chi connectivity index (χ1v) is 8.27. The molecule has 0 aromatic heterocycles. The predicted molar refractivity (Wildman–Crippen MR) is 99.1 cm³/mol. The molecule has 0 spiro atoms. The standard InChI is InChI=1S/C16H15I2N/c1-11-3-5-13(6-4-11)10-19-12(2)15-8-7-14(17)9-16(15)18/h3-10,12H,1-2H3. The highest BCUT2D eigenvalue weighted by Crippen LogP contribution is 2.24. The van der Waals surface area contributed by atoms with Crippen molar-refractivity contribution in [1.82, 2.24) is 0 Å². The Morgan fingerprint density at radius 1 is 1.05 bits per heavy atom. The van der Waals surface area contributed by atoms with Gasteiger partial charge in [-0.15, -0.1) is 0 Å². The van der Waals surface area contributed by atoms with Crippen LogP contribution in [0.1, 0.15) is 29.7 Å². The van der Waals surface area contributed by atoms with Crippen LogP contribution >= 0.6 is 45.2 Å². The second kappa shape index (κ2) is 6.83. The van der Waals surface area contributed by atoms with E-state index >= 15 is 0 Å². The molecule has 1 unspecified atom stereocenters. The van der Waals surface area contributed by atoms with E-state index in [1.54, 1.807) is 0 Å². The normalized spacial score (nSPS) is 12.8. The maximum Gasteiger partial charge on any atom is 0.0731 e. The van der Waals surface area contributed by atoms with E-state index in [-0.39, 0.29) is 6.04 Å². The monoisotopic (exact) mass is 475 g/mol. The van der Waals surface area contributed by atoms with E-state index in [4.69, 9.17) is 0 Å². The van der Waals surface area contributed by atoms with Crippen LogP contribution in [0.4, 0.5) is 0 Å². The summed E-state index contributed by atoms with van der Waals surface area (Å²) >= 11 is 4.72. The zero-order valence-electron chi connectivity index (χ0n) is 10.9. The van der Waals surface area contributed by atoms with Gasteiger partial charge in [-0.25, -0.2) is 0 Å². The molecule has 0 amide bonds. The summed E-state index contributed by atoms with van der Waals surface area (Å²) in [6.07, 6.45) is 1.96. The van der Waals surface area contributed by atoms with Gasteiger partial charge >= 0.3 is 0 Å². The Morgan fingerprint density at radius 2 is 1.74 bits per heavy atom. The van der Waals surface area contributed by atoms with Gasteiger partial charge in [-0.05, 0) is 82.3 Å². The van der Waals surface area contributed by atoms with E-state index in [2.05, 4.69) is 106 Å². The molecule has 1 nitrogen and oxygen atoms in total. The minimum absolute atomic E-state index is 0.185. The Hall–Kier alpha value is -0.430. The van der Waals surface area contributed by atoms with Gasteiger partial charge in [0.15, 0.2) is 0 Å². The molecule has 0 saturated heterocycles. The van der Waals surface area contributed by atoms with Crippen molar-refractivity contribution in [3.8, 4) is 0 Å². The number of aliphatic imine (C=N–C) groups is 1. The van der Waals surface area contributed by atoms with Gasteiger partial charge in [0, 0.05) is 13.4 Å². The maximum atomic E-state index is 4.65. The molecular formula is C16H15I2N. The largest absolute Gasteiger partial charge is 0.285 e. The highest BCUT2D eigenvalue weighted by molar-refractivity contribution is 14.1. The van der Waals surface area contributed by atoms with Gasteiger partial charge in [-0.1, -0.05) is 35.9 Å². The molecule has 0 aliphatic heterocycles. The fourth-order valence-corrected chi connectivity index (χ4v) is 3.82. The summed E-state index contributed by atoms with van der Waals surface area (Å²) in [7, 11) is 0. The molecule has 1 atom stereocenters. The minimum atomic E-state index is 0.185. The Balaban J connectivity index is 2.16. The Morgan fingerprint density at radius 3 is 2.37 bits per heavy atom. The fraction of sp³-hybridized carbons (Fsp3) is 0.188. The number of nitrogens with zero attached hydrogens (tertiary/aromatic N) is 1. The van der Waals surface area contributed by atoms with Crippen molar-refractivity contribution in [2.75, 3.05) is 0 Å². The first-order valence-electron chi connectivity index (χ1n) is 6.11. The SMILES string of the molecule is Cc1ccc(C=NC(C)c2ccc(I)cc2I)cc1. The third-order valence-electron chi connectivity index (χ3n) is 2.94. The molecule has 0 saturated carbocycles. The van der Waals surface area contributed by atoms with Gasteiger partial charge in [0.1, 0.15) is 0 Å². The van der Waals surface area contributed by atoms with E-state index in [1.165, 1.54) is 18.3 Å². The van der Waals surface area contributed by atoms with Crippen LogP contribution in [0.5, 0.6) is 0 Å². The first-order chi connectivity index (χ1) is 9.06. The maximum absolute atomic E-state index is 4.65. The molecule has 2 aromatic rings. The Labute approximate surface area is 141 Å². The highest BCUT2D eigenvalue weighted by atomic mass is 127. The number of halogens is 2. The van der Waals surface area contributed by atoms with E-state index < -0.39 is 0 Å². The summed E-state index contributed by atoms with van der Waals surface area (Å²) in [6.45, 7) is 4.23. The summed E-state index contributed by atoms with van der Waals surface area (Å²) in [6, 6.07) is 15.1. The van der Waals surface area contributed by atoms with Crippen molar-refractivity contribution < 1.29 is 0 Å². The van der Waals surface area contributed by atoms with E-state index in [0.717, 1.165) is 5.56 Å². The van der Waals surface area contributed by atoms with Crippen molar-refractivity contribution in [2.45, 2.75) is 19.9 Å². The fourth-order valence-electron chi connectivity index (χ4n) is 1.77. The molecule has 0 radical (unpaired) electrons. The summed E-state index contributed by atoms with van der Waals surface area (Å²) in [5.41, 5.74) is 3.71. The lowest BCUT2D eigenvalue weighted by atomic mass is 10.1. The van der Waals surface area contributed by atoms with E-state index in [0.29, 0.717) is 0 Å². The third-order valence-corrected chi connectivity index (χ3v) is 4.54. The lowest BCUT2D eigenvalue weighted by molar-refractivity contribution is 0.819. The molecule has 2 rings (SSSR count). The smallest absolute Gasteiger partial charge is 0.0731 e. The number of hydrogen-bond donors (Lipinski definition) is 0. The molecule has 3 heteroatoms. The number of aryl methyl sites for hydroxylation is 1. The Kier molecular flexibility index (Phi) is 5.38. The van der Waals surface area contributed by atoms with Crippen LogP contribution < -0.4 is 0 Å². The molecule has 0 fully saturated rings. The van der Waals surface area contributed by atoms with Crippen LogP contribution in [-0.2, 0) is 0 Å². The van der Waals surface area contributed by atoms with Gasteiger partial charge in [0.25, 0.3) is 0 Å². The van der Waals surface area contributed by atoms with Gasteiger partial charge in [-0.2, -0.15) is 0 Å². The van der Waals surface area contributed by atoms with Gasteiger partial charge in [-0.3, -0.25) is 4.99 Å². The lowest BCUT2D eigenvalue weighted by Gasteiger charge is -2.09. The van der Waals surface area contributed by atoms with Crippen LogP contribution in [0, 0.1) is 14.1 Å². The topological polar surface area (TPSA) is 12.4 Å². The Bertz CT molecular complexity index is 588. The van der Waals surface area contributed by atoms with Crippen LogP contribution in [0.15, 0.2) is 47.5 Å². The highest BCUT2D eigenvalue weighted by Gasteiger charge is 2.07. The number of benzene rings is 2. The molecule has 2 aromatic carbocycles. The quantitative estimate of drug-likeness (QED) is 0.418. The van der Waals surface area contributed by atoms with Crippen LogP contribution in [0.2, 0.25) is 0 Å². The molecular weight excluding hydrogens is 460 g/mol. The van der Waals surface area contributed by atoms with Crippen molar-refractivity contribution in [2.24, 2.45) is 4.99 Å². The van der Waals surface area contributed by atoms with Crippen LogP contribution in [-0.4, -0.2) is 6.21 Å². The second-order valence-corrected chi connectivity index (χ2v) is 6.94. The van der Waals surface area contributed by atoms with Crippen molar-refractivity contribution in [1.29, 1.82) is 0 Å². The summed E-state index contributed by atoms with van der Waals surface area (Å²) in [5, 5.41) is 0. The average molecular weight is 475 g/mol. The molecule has 0 N–H and O–H groups in total.